The molecule has 1 saturated heterocycles. The molecule has 0 aromatic rings. The summed E-state index contributed by atoms with van der Waals surface area (Å²) in [6.07, 6.45) is 0.274. The van der Waals surface area contributed by atoms with Crippen LogP contribution in [-0.4, -0.2) is 31.2 Å². The molecule has 10 heavy (non-hydrogen) atoms. The van der Waals surface area contributed by atoms with Crippen molar-refractivity contribution in [2.75, 3.05) is 13.7 Å². The lowest BCUT2D eigenvalue weighted by molar-refractivity contribution is -0.121. The van der Waals surface area contributed by atoms with Gasteiger partial charge < -0.3 is 14.6 Å². The largest absolute Gasteiger partial charge is 0.393 e. The Hall–Kier alpha value is -0.380. The van der Waals surface area contributed by atoms with Gasteiger partial charge in [-0.25, -0.2) is 0 Å². The molecule has 0 bridgehead atoms. The minimum absolute atomic E-state index is 0.00130. The molecule has 0 aromatic heterocycles. The smallest absolute Gasteiger partial charge is 0.161 e. The summed E-state index contributed by atoms with van der Waals surface area (Å²) in [4.78, 5) is 0. The Kier molecular flexibility index (Phi) is 2.43. The van der Waals surface area contributed by atoms with Crippen LogP contribution in [0.25, 0.3) is 0 Å². The molecular weight excluding hydrogens is 132 g/mol. The average molecular weight is 144 g/mol. The Labute approximate surface area is 60.3 Å². The molecule has 1 heterocycles. The van der Waals surface area contributed by atoms with Gasteiger partial charge in [-0.3, -0.25) is 0 Å². The molecule has 0 aliphatic carbocycles. The molecule has 1 aliphatic rings. The second kappa shape index (κ2) is 3.14. The third kappa shape index (κ3) is 1.37. The third-order valence-electron chi connectivity index (χ3n) is 1.63. The summed E-state index contributed by atoms with van der Waals surface area (Å²) in [5.41, 5.74) is 0.911. The van der Waals surface area contributed by atoms with E-state index in [0.717, 1.165) is 5.57 Å². The molecule has 0 spiro atoms. The Morgan fingerprint density at radius 3 is 2.90 bits per heavy atom. The zero-order chi connectivity index (χ0) is 7.56. The van der Waals surface area contributed by atoms with Gasteiger partial charge in [-0.1, -0.05) is 6.58 Å². The van der Waals surface area contributed by atoms with Gasteiger partial charge in [0, 0.05) is 13.5 Å². The number of methoxy groups -OCH3 is 1. The number of ether oxygens (including phenoxy) is 2. The lowest BCUT2D eigenvalue weighted by Gasteiger charge is -2.08. The number of hydrogen-bond donors (Lipinski definition) is 1. The Morgan fingerprint density at radius 2 is 2.60 bits per heavy atom. The van der Waals surface area contributed by atoms with E-state index < -0.39 is 0 Å². The molecular formula is C7H12O3. The summed E-state index contributed by atoms with van der Waals surface area (Å²) in [6, 6.07) is 0. The van der Waals surface area contributed by atoms with Crippen LogP contribution in [0.3, 0.4) is 0 Å². The molecule has 1 aliphatic heterocycles. The van der Waals surface area contributed by atoms with Crippen LogP contribution in [0.4, 0.5) is 0 Å². The van der Waals surface area contributed by atoms with Gasteiger partial charge in [0.25, 0.3) is 0 Å². The van der Waals surface area contributed by atoms with Crippen molar-refractivity contribution in [3.8, 4) is 0 Å². The van der Waals surface area contributed by atoms with Crippen molar-refractivity contribution in [3.63, 3.8) is 0 Å². The summed E-state index contributed by atoms with van der Waals surface area (Å²) in [5, 5.41) is 8.71. The minimum Gasteiger partial charge on any atom is -0.393 e. The fourth-order valence-electron chi connectivity index (χ4n) is 0.984. The fraction of sp³-hybridized carbons (Fsp3) is 0.714. The molecule has 0 amide bonds. The van der Waals surface area contributed by atoms with Crippen LogP contribution < -0.4 is 0 Å². The van der Waals surface area contributed by atoms with Crippen LogP contribution in [0.1, 0.15) is 6.42 Å². The molecule has 1 fully saturated rings. The first kappa shape index (κ1) is 7.72. The molecule has 3 nitrogen and oxygen atoms in total. The van der Waals surface area contributed by atoms with E-state index in [1.807, 2.05) is 0 Å². The number of hydrogen-bond acceptors (Lipinski definition) is 3. The lowest BCUT2D eigenvalue weighted by atomic mass is 10.1. The highest BCUT2D eigenvalue weighted by atomic mass is 16.7. The maximum atomic E-state index is 8.71. The molecule has 1 unspecified atom stereocenters. The van der Waals surface area contributed by atoms with Crippen LogP contribution in [-0.2, 0) is 9.47 Å². The zero-order valence-electron chi connectivity index (χ0n) is 6.04. The summed E-state index contributed by atoms with van der Waals surface area (Å²) in [5.74, 6) is 0. The summed E-state index contributed by atoms with van der Waals surface area (Å²) < 4.78 is 10.1. The predicted octanol–water partition coefficient (Wildman–Crippen LogP) is 0.296. The molecule has 0 radical (unpaired) electrons. The molecule has 2 atom stereocenters. The first-order valence-corrected chi connectivity index (χ1v) is 3.24. The van der Waals surface area contributed by atoms with Gasteiger partial charge in [-0.2, -0.15) is 0 Å². The third-order valence-corrected chi connectivity index (χ3v) is 1.63. The first-order valence-electron chi connectivity index (χ1n) is 3.24. The summed E-state index contributed by atoms with van der Waals surface area (Å²) >= 11 is 0. The number of aliphatic hydroxyl groups is 1. The maximum absolute atomic E-state index is 8.71. The van der Waals surface area contributed by atoms with Crippen molar-refractivity contribution in [1.82, 2.24) is 0 Å². The van der Waals surface area contributed by atoms with Crippen molar-refractivity contribution in [1.29, 1.82) is 0 Å². The lowest BCUT2D eigenvalue weighted by Crippen LogP contribution is -2.15. The second-order valence-electron chi connectivity index (χ2n) is 2.33. The van der Waals surface area contributed by atoms with Gasteiger partial charge in [0.2, 0.25) is 0 Å². The molecule has 0 saturated carbocycles. The van der Waals surface area contributed by atoms with E-state index in [4.69, 9.17) is 14.6 Å². The standard InChI is InChI=1S/C7H12O3/c1-5-3-7(9-2)10-6(5)4-8/h6-8H,1,3-4H2,2H3/t6-,7?/m0/s1. The fourth-order valence-corrected chi connectivity index (χ4v) is 0.984. The zero-order valence-corrected chi connectivity index (χ0v) is 6.04. The van der Waals surface area contributed by atoms with Crippen LogP contribution in [0.2, 0.25) is 0 Å². The van der Waals surface area contributed by atoms with E-state index in [1.54, 1.807) is 7.11 Å². The highest BCUT2D eigenvalue weighted by Gasteiger charge is 2.27. The van der Waals surface area contributed by atoms with E-state index in [-0.39, 0.29) is 19.0 Å². The number of aliphatic hydroxyl groups excluding tert-OH is 1. The van der Waals surface area contributed by atoms with Crippen molar-refractivity contribution in [3.05, 3.63) is 12.2 Å². The summed E-state index contributed by atoms with van der Waals surface area (Å²) in [6.45, 7) is 3.74. The molecule has 58 valence electrons. The number of rotatable bonds is 2. The van der Waals surface area contributed by atoms with Crippen LogP contribution in [0.15, 0.2) is 12.2 Å². The molecule has 0 aromatic carbocycles. The van der Waals surface area contributed by atoms with Crippen LogP contribution in [0, 0.1) is 0 Å². The Bertz CT molecular complexity index is 133. The average Bonchev–Trinajstić information content (AvgIpc) is 2.30. The van der Waals surface area contributed by atoms with Gasteiger partial charge in [0.05, 0.1) is 6.61 Å². The van der Waals surface area contributed by atoms with E-state index in [2.05, 4.69) is 6.58 Å². The van der Waals surface area contributed by atoms with Crippen molar-refractivity contribution >= 4 is 0 Å². The predicted molar refractivity (Wildman–Crippen MR) is 36.5 cm³/mol. The normalized spacial score (nSPS) is 33.2. The van der Waals surface area contributed by atoms with Gasteiger partial charge in [-0.05, 0) is 5.57 Å². The van der Waals surface area contributed by atoms with Crippen molar-refractivity contribution in [2.24, 2.45) is 0 Å². The van der Waals surface area contributed by atoms with Gasteiger partial charge in [0.1, 0.15) is 6.10 Å². The Balaban J connectivity index is 2.44. The van der Waals surface area contributed by atoms with Crippen molar-refractivity contribution < 1.29 is 14.6 Å². The highest BCUT2D eigenvalue weighted by molar-refractivity contribution is 5.07. The molecule has 3 heteroatoms. The van der Waals surface area contributed by atoms with Gasteiger partial charge in [-0.15, -0.1) is 0 Å². The summed E-state index contributed by atoms with van der Waals surface area (Å²) in [7, 11) is 1.58. The SMILES string of the molecule is C=C1CC(OC)O[C@H]1CO. The van der Waals surface area contributed by atoms with E-state index >= 15 is 0 Å². The van der Waals surface area contributed by atoms with Crippen molar-refractivity contribution in [2.45, 2.75) is 18.8 Å². The van der Waals surface area contributed by atoms with Gasteiger partial charge in [0.15, 0.2) is 6.29 Å². The van der Waals surface area contributed by atoms with Crippen LogP contribution in [0.5, 0.6) is 0 Å². The van der Waals surface area contributed by atoms with Gasteiger partial charge >= 0.3 is 0 Å². The molecule has 1 rings (SSSR count). The quantitative estimate of drug-likeness (QED) is 0.566. The van der Waals surface area contributed by atoms with E-state index in [0.29, 0.717) is 6.42 Å². The van der Waals surface area contributed by atoms with E-state index in [9.17, 15) is 0 Å². The Morgan fingerprint density at radius 1 is 1.90 bits per heavy atom. The molecule has 1 N–H and O–H groups in total. The minimum atomic E-state index is -0.218. The monoisotopic (exact) mass is 144 g/mol. The van der Waals surface area contributed by atoms with E-state index in [1.165, 1.54) is 0 Å². The highest BCUT2D eigenvalue weighted by Crippen LogP contribution is 2.23. The second-order valence-corrected chi connectivity index (χ2v) is 2.33. The first-order chi connectivity index (χ1) is 4.77. The van der Waals surface area contributed by atoms with Crippen LogP contribution >= 0.6 is 0 Å². The maximum Gasteiger partial charge on any atom is 0.161 e. The topological polar surface area (TPSA) is 38.7 Å².